The molecule has 0 heterocycles. The van der Waals surface area contributed by atoms with Crippen molar-refractivity contribution in [1.82, 2.24) is 0 Å². The summed E-state index contributed by atoms with van der Waals surface area (Å²) in [6.07, 6.45) is -2.09. The van der Waals surface area contributed by atoms with Gasteiger partial charge in [0.25, 0.3) is 0 Å². The average Bonchev–Trinajstić information content (AvgIpc) is 2.87. The Balaban J connectivity index is 1.33. The zero-order chi connectivity index (χ0) is 28.4. The first kappa shape index (κ1) is 29.4. The molecule has 2 unspecified atom stereocenters. The minimum Gasteiger partial charge on any atom is -0.432 e. The van der Waals surface area contributed by atoms with Crippen molar-refractivity contribution in [2.24, 2.45) is 17.8 Å². The molecule has 10 heteroatoms. The molecular formula is C29H30F8O2. The van der Waals surface area contributed by atoms with E-state index in [0.29, 0.717) is 37.0 Å². The highest BCUT2D eigenvalue weighted by Gasteiger charge is 2.47. The van der Waals surface area contributed by atoms with E-state index >= 15 is 0 Å². The third-order valence-electron chi connectivity index (χ3n) is 7.52. The lowest BCUT2D eigenvalue weighted by molar-refractivity contribution is -0.295. The van der Waals surface area contributed by atoms with Crippen molar-refractivity contribution in [2.75, 3.05) is 0 Å². The molecule has 0 amide bonds. The van der Waals surface area contributed by atoms with Crippen LogP contribution in [-0.4, -0.2) is 18.3 Å². The molecule has 0 aliphatic heterocycles. The molecule has 2 aromatic carbocycles. The highest BCUT2D eigenvalue weighted by atomic mass is 19.3. The van der Waals surface area contributed by atoms with Gasteiger partial charge in [-0.05, 0) is 80.7 Å². The van der Waals surface area contributed by atoms with Gasteiger partial charge in [-0.1, -0.05) is 25.5 Å². The molecule has 214 valence electrons. The lowest BCUT2D eigenvalue weighted by Gasteiger charge is -2.36. The van der Waals surface area contributed by atoms with E-state index in [2.05, 4.69) is 0 Å². The first-order valence-corrected chi connectivity index (χ1v) is 13.1. The zero-order valence-electron chi connectivity index (χ0n) is 21.3. The van der Waals surface area contributed by atoms with E-state index in [1.165, 1.54) is 6.08 Å². The van der Waals surface area contributed by atoms with E-state index in [-0.39, 0.29) is 36.8 Å². The summed E-state index contributed by atoms with van der Waals surface area (Å²) in [6, 6.07) is 3.81. The molecule has 0 N–H and O–H groups in total. The second-order valence-electron chi connectivity index (χ2n) is 10.3. The maximum atomic E-state index is 14.9. The van der Waals surface area contributed by atoms with Gasteiger partial charge in [0.05, 0.1) is 17.9 Å². The Kier molecular flexibility index (Phi) is 8.93. The summed E-state index contributed by atoms with van der Waals surface area (Å²) in [5.41, 5.74) is -0.655. The van der Waals surface area contributed by atoms with Crippen molar-refractivity contribution in [3.05, 3.63) is 65.8 Å². The molecular weight excluding hydrogens is 532 g/mol. The summed E-state index contributed by atoms with van der Waals surface area (Å²) in [5, 5.41) is 0. The van der Waals surface area contributed by atoms with Crippen LogP contribution in [0, 0.1) is 41.0 Å². The Hall–Kier alpha value is -2.62. The Bertz CT molecular complexity index is 1150. The molecule has 1 saturated carbocycles. The van der Waals surface area contributed by atoms with E-state index in [9.17, 15) is 35.1 Å². The molecule has 4 rings (SSSR count). The summed E-state index contributed by atoms with van der Waals surface area (Å²) in [6.45, 7) is 2.04. The van der Waals surface area contributed by atoms with Crippen molar-refractivity contribution < 1.29 is 44.6 Å². The molecule has 0 spiro atoms. The van der Waals surface area contributed by atoms with Gasteiger partial charge >= 0.3 is 12.2 Å². The van der Waals surface area contributed by atoms with Crippen LogP contribution in [0.25, 0.3) is 11.1 Å². The lowest BCUT2D eigenvalue weighted by Crippen LogP contribution is -2.41. The van der Waals surface area contributed by atoms with Crippen LogP contribution in [0.3, 0.4) is 0 Å². The highest BCUT2D eigenvalue weighted by Crippen LogP contribution is 2.43. The molecule has 2 aliphatic rings. The lowest BCUT2D eigenvalue weighted by atomic mass is 9.84. The highest BCUT2D eigenvalue weighted by molar-refractivity contribution is 5.65. The van der Waals surface area contributed by atoms with Gasteiger partial charge in [0.2, 0.25) is 0 Å². The normalized spacial score (nSPS) is 24.1. The molecule has 0 radical (unpaired) electrons. The second-order valence-corrected chi connectivity index (χ2v) is 10.3. The first-order valence-electron chi connectivity index (χ1n) is 13.1. The molecule has 2 nitrogen and oxygen atoms in total. The predicted octanol–water partition coefficient (Wildman–Crippen LogP) is 9.43. The van der Waals surface area contributed by atoms with E-state index in [4.69, 9.17) is 9.47 Å². The fourth-order valence-electron chi connectivity index (χ4n) is 5.34. The van der Waals surface area contributed by atoms with Gasteiger partial charge in [-0.25, -0.2) is 17.6 Å². The van der Waals surface area contributed by atoms with Crippen LogP contribution in [0.4, 0.5) is 35.1 Å². The first-order chi connectivity index (χ1) is 18.4. The van der Waals surface area contributed by atoms with E-state index < -0.39 is 59.2 Å². The van der Waals surface area contributed by atoms with Crippen LogP contribution >= 0.6 is 0 Å². The van der Waals surface area contributed by atoms with Crippen molar-refractivity contribution in [3.63, 3.8) is 0 Å². The largest absolute Gasteiger partial charge is 0.432 e. The van der Waals surface area contributed by atoms with Gasteiger partial charge in [0, 0.05) is 11.6 Å². The number of rotatable bonds is 9. The smallest absolute Gasteiger partial charge is 0.400 e. The van der Waals surface area contributed by atoms with Gasteiger partial charge in [-0.2, -0.15) is 17.6 Å². The standard InChI is InChI=1S/C29H30F8O2/c1-2-3-17-4-6-19(7-5-17)28(34,35)38-21-10-8-20(9-11-21)29(36,37)39-22-12-13-23(24(30)16-22)18-14-25(31)27(33)26(32)15-18/h4,6,12-17,19-21H,2-3,5,7-11H2,1H3. The molecule has 39 heavy (non-hydrogen) atoms. The van der Waals surface area contributed by atoms with Crippen molar-refractivity contribution >= 4 is 0 Å². The van der Waals surface area contributed by atoms with Crippen molar-refractivity contribution in [2.45, 2.75) is 76.6 Å². The fourth-order valence-corrected chi connectivity index (χ4v) is 5.34. The number of benzene rings is 2. The molecule has 0 bridgehead atoms. The molecule has 2 aromatic rings. The third-order valence-corrected chi connectivity index (χ3v) is 7.52. The van der Waals surface area contributed by atoms with Crippen LogP contribution in [-0.2, 0) is 4.74 Å². The molecule has 0 saturated heterocycles. The van der Waals surface area contributed by atoms with Gasteiger partial charge in [-0.15, -0.1) is 0 Å². The predicted molar refractivity (Wildman–Crippen MR) is 129 cm³/mol. The van der Waals surface area contributed by atoms with Crippen LogP contribution in [0.15, 0.2) is 42.5 Å². The summed E-state index contributed by atoms with van der Waals surface area (Å²) in [4.78, 5) is 0. The summed E-state index contributed by atoms with van der Waals surface area (Å²) in [7, 11) is 0. The van der Waals surface area contributed by atoms with E-state index in [1.807, 2.05) is 13.0 Å². The quantitative estimate of drug-likeness (QED) is 0.172. The van der Waals surface area contributed by atoms with E-state index in [0.717, 1.165) is 25.0 Å². The number of allylic oxidation sites excluding steroid dienone is 1. The molecule has 0 aromatic heterocycles. The maximum Gasteiger partial charge on any atom is 0.400 e. The van der Waals surface area contributed by atoms with Crippen LogP contribution in [0.2, 0.25) is 0 Å². The van der Waals surface area contributed by atoms with Crippen LogP contribution in [0.5, 0.6) is 5.75 Å². The van der Waals surface area contributed by atoms with Crippen LogP contribution in [0.1, 0.15) is 58.3 Å². The van der Waals surface area contributed by atoms with Crippen molar-refractivity contribution in [3.8, 4) is 16.9 Å². The Morgan fingerprint density at radius 1 is 0.769 bits per heavy atom. The topological polar surface area (TPSA) is 18.5 Å². The summed E-state index contributed by atoms with van der Waals surface area (Å²) >= 11 is 0. The van der Waals surface area contributed by atoms with E-state index in [1.54, 1.807) is 0 Å². The number of halogens is 8. The van der Waals surface area contributed by atoms with Gasteiger partial charge in [0.1, 0.15) is 11.6 Å². The number of hydrogen-bond donors (Lipinski definition) is 0. The molecule has 2 atom stereocenters. The zero-order valence-corrected chi connectivity index (χ0v) is 21.3. The molecule has 1 fully saturated rings. The molecule has 2 aliphatic carbocycles. The fraction of sp³-hybridized carbons (Fsp3) is 0.517. The van der Waals surface area contributed by atoms with Gasteiger partial charge in [0.15, 0.2) is 17.5 Å². The van der Waals surface area contributed by atoms with Crippen molar-refractivity contribution in [1.29, 1.82) is 0 Å². The Labute approximate surface area is 222 Å². The minimum atomic E-state index is -3.73. The Morgan fingerprint density at radius 3 is 2.00 bits per heavy atom. The van der Waals surface area contributed by atoms with Crippen LogP contribution < -0.4 is 4.74 Å². The monoisotopic (exact) mass is 562 g/mol. The SMILES string of the molecule is CCCC1C=CC(C(F)(F)OC2CCC(C(F)(F)Oc3ccc(-c4cc(F)c(F)c(F)c4)c(F)c3)CC2)CC1. The minimum absolute atomic E-state index is 0.0108. The van der Waals surface area contributed by atoms with Gasteiger partial charge < -0.3 is 9.47 Å². The third kappa shape index (κ3) is 6.94. The second kappa shape index (κ2) is 11.9. The number of alkyl halides is 4. The Morgan fingerprint density at radius 2 is 1.44 bits per heavy atom. The number of ether oxygens (including phenoxy) is 2. The summed E-state index contributed by atoms with van der Waals surface area (Å²) in [5.74, 6) is -8.46. The summed E-state index contributed by atoms with van der Waals surface area (Å²) < 4.78 is 124. The maximum absolute atomic E-state index is 14.9. The number of hydrogen-bond acceptors (Lipinski definition) is 2. The van der Waals surface area contributed by atoms with Gasteiger partial charge in [-0.3, -0.25) is 0 Å². The average molecular weight is 563 g/mol.